The zero-order valence-electron chi connectivity index (χ0n) is 32.8. The van der Waals surface area contributed by atoms with Crippen LogP contribution in [0.15, 0.2) is 150 Å². The molecule has 0 unspecified atom stereocenters. The highest BCUT2D eigenvalue weighted by molar-refractivity contribution is 6.73. The first-order valence-electron chi connectivity index (χ1n) is 20.1. The summed E-state index contributed by atoms with van der Waals surface area (Å²) in [5.41, 5.74) is 19.1. The molecule has 0 atom stereocenters. The Bertz CT molecular complexity index is 3350. The Morgan fingerprint density at radius 1 is 0.579 bits per heavy atom. The number of furan rings is 1. The first kappa shape index (κ1) is 32.7. The lowest BCUT2D eigenvalue weighted by Gasteiger charge is -2.25. The van der Waals surface area contributed by atoms with Crippen molar-refractivity contribution in [2.24, 2.45) is 0 Å². The molecular weight excluding hydrogens is 691 g/mol. The predicted molar refractivity (Wildman–Crippen MR) is 242 cm³/mol. The maximum Gasteiger partial charge on any atom is 0.198 e. The zero-order valence-corrected chi connectivity index (χ0v) is 32.8. The van der Waals surface area contributed by atoms with Crippen molar-refractivity contribution in [2.45, 2.75) is 45.4 Å². The fraction of sp³-hybridized carbons (Fsp3) is 0.132. The van der Waals surface area contributed by atoms with Gasteiger partial charge in [-0.1, -0.05) is 131 Å². The Morgan fingerprint density at radius 2 is 1.33 bits per heavy atom. The minimum atomic E-state index is -0.115. The van der Waals surface area contributed by atoms with E-state index in [1.165, 1.54) is 82.7 Å². The molecule has 12 rings (SSSR count). The molecule has 0 amide bonds. The van der Waals surface area contributed by atoms with Gasteiger partial charge < -0.3 is 14.3 Å². The van der Waals surface area contributed by atoms with Gasteiger partial charge in [0.2, 0.25) is 0 Å². The first-order chi connectivity index (χ1) is 27.6. The van der Waals surface area contributed by atoms with Gasteiger partial charge in [0.05, 0.1) is 5.52 Å². The average molecular weight is 732 g/mol. The second kappa shape index (κ2) is 11.3. The van der Waals surface area contributed by atoms with Gasteiger partial charge in [0, 0.05) is 55.1 Å². The topological polar surface area (TPSA) is 30.1 Å². The van der Waals surface area contributed by atoms with Crippen LogP contribution >= 0.6 is 0 Å². The number of benzene rings is 8. The van der Waals surface area contributed by atoms with Crippen LogP contribution in [0.4, 0.5) is 11.4 Å². The fourth-order valence-corrected chi connectivity index (χ4v) is 9.97. The molecule has 3 heterocycles. The second-order valence-electron chi connectivity index (χ2n) is 17.7. The van der Waals surface area contributed by atoms with E-state index in [0.29, 0.717) is 0 Å². The average Bonchev–Trinajstić information content (AvgIpc) is 3.82. The minimum absolute atomic E-state index is 0.0858. The number of hydrogen-bond donors (Lipinski definition) is 1. The smallest absolute Gasteiger partial charge is 0.198 e. The molecule has 1 aliphatic heterocycles. The summed E-state index contributed by atoms with van der Waals surface area (Å²) in [5.74, 6) is 0. The molecule has 3 nitrogen and oxygen atoms in total. The summed E-state index contributed by atoms with van der Waals surface area (Å²) in [5, 5.41) is 11.1. The highest BCUT2D eigenvalue weighted by Gasteiger charge is 2.37. The van der Waals surface area contributed by atoms with Crippen LogP contribution in [-0.2, 0) is 10.8 Å². The van der Waals surface area contributed by atoms with Gasteiger partial charge in [-0.15, -0.1) is 0 Å². The van der Waals surface area contributed by atoms with Gasteiger partial charge >= 0.3 is 0 Å². The predicted octanol–water partition coefficient (Wildman–Crippen LogP) is 12.8. The van der Waals surface area contributed by atoms with Crippen LogP contribution in [0.5, 0.6) is 0 Å². The molecule has 2 aromatic heterocycles. The van der Waals surface area contributed by atoms with Gasteiger partial charge in [0.15, 0.2) is 7.28 Å². The standard InChI is InChI=1S/C53H40BN2O/c1-52(2,3)32-18-20-33(21-19-32)55-45-25-31-13-7-6-12-30(31)24-39(45)36-22-23-37-40-26-38-34-14-8-10-16-42(34)53(4,5)43(38)28-46(40)56-47-27-41-35-15-9-11-17-48(35)57-49(41)29-44(47)54-50(36)51(37)56/h6-29,55H,1-5H3. The minimum Gasteiger partial charge on any atom is -0.456 e. The Balaban J connectivity index is 1.15. The van der Waals surface area contributed by atoms with Gasteiger partial charge in [-0.05, 0) is 110 Å². The monoisotopic (exact) mass is 731 g/mol. The summed E-state index contributed by atoms with van der Waals surface area (Å²) >= 11 is 0. The summed E-state index contributed by atoms with van der Waals surface area (Å²) in [6.07, 6.45) is 0. The molecule has 271 valence electrons. The third kappa shape index (κ3) is 4.62. The van der Waals surface area contributed by atoms with Crippen molar-refractivity contribution in [3.63, 3.8) is 0 Å². The molecule has 2 aliphatic rings. The number of rotatable bonds is 3. The SMILES string of the molecule is CC(C)(C)c1ccc(Nc2cc3ccccc3cc2-c2ccc3c4cc5c(cc4n4c3c2[B]c2cc3oc6ccccc6c3cc2-4)C(C)(C)c2ccccc2-5)cc1. The summed E-state index contributed by atoms with van der Waals surface area (Å²) in [6, 6.07) is 53.9. The van der Waals surface area contributed by atoms with Crippen molar-refractivity contribution in [2.75, 3.05) is 5.32 Å². The molecule has 1 radical (unpaired) electrons. The van der Waals surface area contributed by atoms with Crippen LogP contribution in [0.2, 0.25) is 0 Å². The van der Waals surface area contributed by atoms with Crippen LogP contribution < -0.4 is 16.2 Å². The van der Waals surface area contributed by atoms with Gasteiger partial charge in [-0.2, -0.15) is 0 Å². The van der Waals surface area contributed by atoms with Crippen molar-refractivity contribution in [3.05, 3.63) is 162 Å². The third-order valence-electron chi connectivity index (χ3n) is 12.9. The molecule has 0 saturated carbocycles. The Kier molecular flexibility index (Phi) is 6.48. The Labute approximate surface area is 332 Å². The molecule has 0 bridgehead atoms. The Morgan fingerprint density at radius 3 is 2.16 bits per heavy atom. The van der Waals surface area contributed by atoms with Crippen LogP contribution in [0.25, 0.3) is 82.5 Å². The van der Waals surface area contributed by atoms with Crippen molar-refractivity contribution in [1.82, 2.24) is 4.57 Å². The molecule has 4 heteroatoms. The van der Waals surface area contributed by atoms with Gasteiger partial charge in [0.1, 0.15) is 11.2 Å². The van der Waals surface area contributed by atoms with E-state index in [1.807, 2.05) is 0 Å². The summed E-state index contributed by atoms with van der Waals surface area (Å²) in [6.45, 7) is 11.5. The number of nitrogens with zero attached hydrogens (tertiary/aromatic N) is 1. The lowest BCUT2D eigenvalue weighted by atomic mass is 9.59. The van der Waals surface area contributed by atoms with Crippen molar-refractivity contribution in [1.29, 1.82) is 0 Å². The molecule has 10 aromatic rings. The van der Waals surface area contributed by atoms with E-state index >= 15 is 0 Å². The van der Waals surface area contributed by atoms with Gasteiger partial charge in [-0.3, -0.25) is 0 Å². The number of hydrogen-bond acceptors (Lipinski definition) is 2. The molecule has 1 N–H and O–H groups in total. The normalized spacial score (nSPS) is 14.0. The summed E-state index contributed by atoms with van der Waals surface area (Å²) < 4.78 is 9.07. The molecule has 8 aromatic carbocycles. The fourth-order valence-electron chi connectivity index (χ4n) is 9.97. The number of nitrogens with one attached hydrogen (secondary N) is 1. The maximum absolute atomic E-state index is 6.51. The number of para-hydroxylation sites is 1. The molecular formula is C53H40BN2O. The van der Waals surface area contributed by atoms with Crippen molar-refractivity contribution < 1.29 is 4.42 Å². The van der Waals surface area contributed by atoms with E-state index in [2.05, 4.69) is 197 Å². The molecule has 0 spiro atoms. The molecule has 0 saturated heterocycles. The second-order valence-corrected chi connectivity index (χ2v) is 17.7. The lowest BCUT2D eigenvalue weighted by molar-refractivity contribution is 0.590. The summed E-state index contributed by atoms with van der Waals surface area (Å²) in [7, 11) is 2.41. The van der Waals surface area contributed by atoms with Crippen LogP contribution in [0, 0.1) is 0 Å². The third-order valence-corrected chi connectivity index (χ3v) is 12.9. The van der Waals surface area contributed by atoms with Crippen LogP contribution in [-0.4, -0.2) is 11.8 Å². The van der Waals surface area contributed by atoms with E-state index in [0.717, 1.165) is 38.8 Å². The van der Waals surface area contributed by atoms with E-state index in [-0.39, 0.29) is 10.8 Å². The first-order valence-corrected chi connectivity index (χ1v) is 20.1. The highest BCUT2D eigenvalue weighted by atomic mass is 16.3. The molecule has 0 fully saturated rings. The summed E-state index contributed by atoms with van der Waals surface area (Å²) in [4.78, 5) is 0. The zero-order chi connectivity index (χ0) is 38.4. The van der Waals surface area contributed by atoms with E-state index in [4.69, 9.17) is 4.42 Å². The van der Waals surface area contributed by atoms with Gasteiger partial charge in [-0.25, -0.2) is 0 Å². The Hall–Kier alpha value is -6.52. The number of anilines is 2. The van der Waals surface area contributed by atoms with Crippen LogP contribution in [0.1, 0.15) is 51.3 Å². The lowest BCUT2D eigenvalue weighted by Crippen LogP contribution is -2.37. The maximum atomic E-state index is 6.51. The quantitative estimate of drug-likeness (QED) is 0.183. The largest absolute Gasteiger partial charge is 0.456 e. The highest BCUT2D eigenvalue weighted by Crippen LogP contribution is 2.51. The van der Waals surface area contributed by atoms with E-state index in [1.54, 1.807) is 0 Å². The van der Waals surface area contributed by atoms with Gasteiger partial charge in [0.25, 0.3) is 0 Å². The van der Waals surface area contributed by atoms with Crippen LogP contribution in [0.3, 0.4) is 0 Å². The van der Waals surface area contributed by atoms with E-state index < -0.39 is 0 Å². The van der Waals surface area contributed by atoms with Crippen molar-refractivity contribution >= 4 is 84.1 Å². The van der Waals surface area contributed by atoms with E-state index in [9.17, 15) is 0 Å². The molecule has 1 aliphatic carbocycles. The van der Waals surface area contributed by atoms with Crippen molar-refractivity contribution in [3.8, 4) is 27.9 Å². The number of aromatic nitrogens is 1. The number of fused-ring (bicyclic) bond motifs is 12. The molecule has 57 heavy (non-hydrogen) atoms.